The maximum Gasteiger partial charge on any atom is 0.133 e. The van der Waals surface area contributed by atoms with Gasteiger partial charge < -0.3 is 14.6 Å². The predicted molar refractivity (Wildman–Crippen MR) is 82.1 cm³/mol. The molecule has 2 aromatic carbocycles. The summed E-state index contributed by atoms with van der Waals surface area (Å²) in [5, 5.41) is 9.67. The van der Waals surface area contributed by atoms with Gasteiger partial charge in [0.2, 0.25) is 0 Å². The van der Waals surface area contributed by atoms with Crippen molar-refractivity contribution in [3.05, 3.63) is 57.8 Å². The maximum atomic E-state index is 13.2. The first-order chi connectivity index (χ1) is 10.0. The van der Waals surface area contributed by atoms with E-state index in [2.05, 4.69) is 15.9 Å². The molecule has 0 spiro atoms. The number of aliphatic hydroxyl groups excluding tert-OH is 1. The molecule has 0 aliphatic rings. The zero-order chi connectivity index (χ0) is 15.4. The lowest BCUT2D eigenvalue weighted by Crippen LogP contribution is -2.02. The van der Waals surface area contributed by atoms with Gasteiger partial charge in [-0.25, -0.2) is 4.39 Å². The van der Waals surface area contributed by atoms with Gasteiger partial charge in [0.15, 0.2) is 0 Å². The van der Waals surface area contributed by atoms with E-state index in [0.717, 1.165) is 15.8 Å². The summed E-state index contributed by atoms with van der Waals surface area (Å²) in [7, 11) is 1.60. The molecule has 0 aliphatic heterocycles. The molecule has 0 aromatic heterocycles. The fourth-order valence-electron chi connectivity index (χ4n) is 1.94. The second kappa shape index (κ2) is 6.91. The molecule has 0 aliphatic carbocycles. The molecule has 0 unspecified atom stereocenters. The molecule has 0 amide bonds. The van der Waals surface area contributed by atoms with Crippen LogP contribution >= 0.6 is 15.9 Å². The minimum absolute atomic E-state index is 0.313. The van der Waals surface area contributed by atoms with Crippen LogP contribution in [0.4, 0.5) is 4.39 Å². The first kappa shape index (κ1) is 15.8. The van der Waals surface area contributed by atoms with Crippen LogP contribution in [0.25, 0.3) is 0 Å². The van der Waals surface area contributed by atoms with E-state index >= 15 is 0 Å². The van der Waals surface area contributed by atoms with E-state index in [1.807, 2.05) is 18.2 Å². The van der Waals surface area contributed by atoms with Gasteiger partial charge in [-0.2, -0.15) is 0 Å². The molecule has 21 heavy (non-hydrogen) atoms. The van der Waals surface area contributed by atoms with Gasteiger partial charge in [-0.1, -0.05) is 6.07 Å². The summed E-state index contributed by atoms with van der Waals surface area (Å²) in [5.74, 6) is 0.814. The van der Waals surface area contributed by atoms with Crippen LogP contribution in [0.15, 0.2) is 40.9 Å². The number of hydrogen-bond acceptors (Lipinski definition) is 3. The van der Waals surface area contributed by atoms with E-state index in [-0.39, 0.29) is 0 Å². The van der Waals surface area contributed by atoms with Gasteiger partial charge in [-0.15, -0.1) is 0 Å². The second-order valence-electron chi connectivity index (χ2n) is 4.62. The molecule has 1 atom stereocenters. The highest BCUT2D eigenvalue weighted by molar-refractivity contribution is 9.10. The van der Waals surface area contributed by atoms with Crippen LogP contribution < -0.4 is 9.47 Å². The number of halogens is 2. The Morgan fingerprint density at radius 3 is 2.52 bits per heavy atom. The second-order valence-corrected chi connectivity index (χ2v) is 5.47. The van der Waals surface area contributed by atoms with Crippen LogP contribution in [0.3, 0.4) is 0 Å². The van der Waals surface area contributed by atoms with Crippen molar-refractivity contribution in [1.82, 2.24) is 0 Å². The molecule has 0 saturated carbocycles. The van der Waals surface area contributed by atoms with E-state index in [1.165, 1.54) is 18.2 Å². The average Bonchev–Trinajstić information content (AvgIpc) is 2.46. The van der Waals surface area contributed by atoms with Crippen molar-refractivity contribution in [3.8, 4) is 11.5 Å². The summed E-state index contributed by atoms with van der Waals surface area (Å²) >= 11 is 3.41. The Labute approximate surface area is 131 Å². The fraction of sp³-hybridized carbons (Fsp3) is 0.250. The van der Waals surface area contributed by atoms with Crippen LogP contribution in [0.5, 0.6) is 11.5 Å². The van der Waals surface area contributed by atoms with Crippen LogP contribution in [-0.2, 0) is 6.61 Å². The minimum atomic E-state index is -0.793. The van der Waals surface area contributed by atoms with Crippen LogP contribution in [0, 0.1) is 5.82 Å². The van der Waals surface area contributed by atoms with Crippen molar-refractivity contribution in [2.75, 3.05) is 7.11 Å². The van der Waals surface area contributed by atoms with Crippen molar-refractivity contribution in [3.63, 3.8) is 0 Å². The summed E-state index contributed by atoms with van der Waals surface area (Å²) in [6.45, 7) is 1.89. The van der Waals surface area contributed by atoms with Gasteiger partial charge in [0, 0.05) is 5.56 Å². The van der Waals surface area contributed by atoms with Gasteiger partial charge in [0.05, 0.1) is 17.7 Å². The van der Waals surface area contributed by atoms with E-state index in [9.17, 15) is 9.50 Å². The number of rotatable bonds is 5. The molecule has 1 N–H and O–H groups in total. The van der Waals surface area contributed by atoms with E-state index in [0.29, 0.717) is 17.9 Å². The molecule has 0 radical (unpaired) electrons. The summed E-state index contributed by atoms with van der Waals surface area (Å²) < 4.78 is 24.9. The average molecular weight is 355 g/mol. The van der Waals surface area contributed by atoms with Crippen LogP contribution in [0.1, 0.15) is 24.2 Å². The zero-order valence-electron chi connectivity index (χ0n) is 11.8. The van der Waals surface area contributed by atoms with E-state index in [1.54, 1.807) is 14.0 Å². The number of hydrogen-bond donors (Lipinski definition) is 1. The first-order valence-corrected chi connectivity index (χ1v) is 7.23. The Morgan fingerprint density at radius 2 is 1.90 bits per heavy atom. The molecular formula is C16H16BrFO3. The Bertz CT molecular complexity index is 629. The lowest BCUT2D eigenvalue weighted by Gasteiger charge is -2.14. The van der Waals surface area contributed by atoms with E-state index < -0.39 is 11.9 Å². The maximum absolute atomic E-state index is 13.2. The van der Waals surface area contributed by atoms with Gasteiger partial charge in [0.1, 0.15) is 23.9 Å². The lowest BCUT2D eigenvalue weighted by atomic mass is 10.1. The van der Waals surface area contributed by atoms with Crippen molar-refractivity contribution in [1.29, 1.82) is 0 Å². The topological polar surface area (TPSA) is 38.7 Å². The largest absolute Gasteiger partial charge is 0.496 e. The molecule has 0 fully saturated rings. The summed E-state index contributed by atoms with van der Waals surface area (Å²) in [4.78, 5) is 0. The number of ether oxygens (including phenoxy) is 2. The van der Waals surface area contributed by atoms with Gasteiger partial charge in [0.25, 0.3) is 0 Å². The zero-order valence-corrected chi connectivity index (χ0v) is 13.4. The predicted octanol–water partition coefficient (Wildman–Crippen LogP) is 4.23. The quantitative estimate of drug-likeness (QED) is 0.873. The Kier molecular flexibility index (Phi) is 5.20. The Morgan fingerprint density at radius 1 is 1.19 bits per heavy atom. The normalized spacial score (nSPS) is 12.0. The lowest BCUT2D eigenvalue weighted by molar-refractivity contribution is 0.189. The molecule has 3 nitrogen and oxygen atoms in total. The molecule has 2 aromatic rings. The SMILES string of the molecule is COc1ccc(COc2ccc(F)cc2[C@H](C)O)cc1Br. The number of aliphatic hydroxyl groups is 1. The highest BCUT2D eigenvalue weighted by Crippen LogP contribution is 2.29. The van der Waals surface area contributed by atoms with Crippen molar-refractivity contribution >= 4 is 15.9 Å². The highest BCUT2D eigenvalue weighted by Gasteiger charge is 2.11. The van der Waals surface area contributed by atoms with Crippen molar-refractivity contribution < 1.29 is 19.0 Å². The smallest absolute Gasteiger partial charge is 0.133 e. The molecular weight excluding hydrogens is 339 g/mol. The third-order valence-electron chi connectivity index (χ3n) is 3.03. The Hall–Kier alpha value is -1.59. The van der Waals surface area contributed by atoms with E-state index in [4.69, 9.17) is 9.47 Å². The van der Waals surface area contributed by atoms with Gasteiger partial charge in [-0.05, 0) is 58.7 Å². The Balaban J connectivity index is 2.15. The molecule has 0 heterocycles. The van der Waals surface area contributed by atoms with Gasteiger partial charge >= 0.3 is 0 Å². The molecule has 0 bridgehead atoms. The highest BCUT2D eigenvalue weighted by atomic mass is 79.9. The standard InChI is InChI=1S/C16H16BrFO3/c1-10(19)13-8-12(18)4-6-15(13)21-9-11-3-5-16(20-2)14(17)7-11/h3-8,10,19H,9H2,1-2H3/t10-/m0/s1. The molecule has 0 saturated heterocycles. The van der Waals surface area contributed by atoms with Gasteiger partial charge in [-0.3, -0.25) is 0 Å². The number of benzene rings is 2. The minimum Gasteiger partial charge on any atom is -0.496 e. The monoisotopic (exact) mass is 354 g/mol. The summed E-state index contributed by atoms with van der Waals surface area (Å²) in [5.41, 5.74) is 1.37. The summed E-state index contributed by atoms with van der Waals surface area (Å²) in [6.07, 6.45) is -0.793. The third kappa shape index (κ3) is 3.95. The van der Waals surface area contributed by atoms with Crippen LogP contribution in [0.2, 0.25) is 0 Å². The molecule has 5 heteroatoms. The van der Waals surface area contributed by atoms with Crippen LogP contribution in [-0.4, -0.2) is 12.2 Å². The first-order valence-electron chi connectivity index (χ1n) is 6.44. The summed E-state index contributed by atoms with van der Waals surface area (Å²) in [6, 6.07) is 9.73. The molecule has 112 valence electrons. The third-order valence-corrected chi connectivity index (χ3v) is 3.65. The number of methoxy groups -OCH3 is 1. The fourth-order valence-corrected chi connectivity index (χ4v) is 2.53. The molecule has 2 rings (SSSR count). The van der Waals surface area contributed by atoms with Crippen molar-refractivity contribution in [2.24, 2.45) is 0 Å². The van der Waals surface area contributed by atoms with Crippen molar-refractivity contribution in [2.45, 2.75) is 19.6 Å².